The smallest absolute Gasteiger partial charge is 0.276 e. The molecule has 3 aromatic carbocycles. The van der Waals surface area contributed by atoms with Crippen molar-refractivity contribution in [3.8, 4) is 5.75 Å². The maximum atomic E-state index is 12.6. The van der Waals surface area contributed by atoms with E-state index in [0.29, 0.717) is 5.56 Å². The third-order valence-electron chi connectivity index (χ3n) is 4.42. The number of ether oxygens (including phenoxy) is 1. The lowest BCUT2D eigenvalue weighted by atomic mass is 9.98. The Labute approximate surface area is 168 Å². The molecule has 0 saturated heterocycles. The number of nitro groups is 1. The van der Waals surface area contributed by atoms with Crippen LogP contribution in [0, 0.1) is 10.1 Å². The number of hydrogen-bond donors (Lipinski definition) is 1. The molecule has 1 N–H and O–H groups in total. The molecule has 0 fully saturated rings. The van der Waals surface area contributed by atoms with E-state index in [2.05, 4.69) is 5.32 Å². The molecule has 0 aromatic heterocycles. The summed E-state index contributed by atoms with van der Waals surface area (Å²) in [6.07, 6.45) is 2.76. The minimum atomic E-state index is -0.471. The number of nitrogens with zero attached hydrogens (tertiary/aromatic N) is 1. The van der Waals surface area contributed by atoms with Gasteiger partial charge in [-0.1, -0.05) is 54.6 Å². The van der Waals surface area contributed by atoms with Crippen molar-refractivity contribution < 1.29 is 14.5 Å². The highest BCUT2D eigenvalue weighted by atomic mass is 16.6. The van der Waals surface area contributed by atoms with Crippen LogP contribution in [0.4, 0.5) is 5.69 Å². The Balaban J connectivity index is 1.84. The number of methoxy groups -OCH3 is 1. The summed E-state index contributed by atoms with van der Waals surface area (Å²) in [6.45, 7) is 0. The average molecular weight is 388 g/mol. The van der Waals surface area contributed by atoms with Crippen molar-refractivity contribution in [2.45, 2.75) is 6.04 Å². The molecule has 1 atom stereocenters. The fraction of sp³-hybridized carbons (Fsp3) is 0.0870. The number of benzene rings is 3. The number of rotatable bonds is 7. The predicted molar refractivity (Wildman–Crippen MR) is 112 cm³/mol. The van der Waals surface area contributed by atoms with Gasteiger partial charge in [0, 0.05) is 12.1 Å². The van der Waals surface area contributed by atoms with Gasteiger partial charge in [0.25, 0.3) is 5.69 Å². The number of amides is 1. The first-order valence-corrected chi connectivity index (χ1v) is 8.99. The summed E-state index contributed by atoms with van der Waals surface area (Å²) in [4.78, 5) is 23.2. The molecule has 0 bridgehead atoms. The van der Waals surface area contributed by atoms with E-state index in [-0.39, 0.29) is 17.6 Å². The van der Waals surface area contributed by atoms with Crippen LogP contribution >= 0.6 is 0 Å². The second-order valence-corrected chi connectivity index (χ2v) is 6.27. The summed E-state index contributed by atoms with van der Waals surface area (Å²) in [5.74, 6) is 0.371. The Morgan fingerprint density at radius 1 is 0.966 bits per heavy atom. The van der Waals surface area contributed by atoms with Crippen LogP contribution in [0.5, 0.6) is 5.75 Å². The van der Waals surface area contributed by atoms with Crippen molar-refractivity contribution in [2.24, 2.45) is 0 Å². The van der Waals surface area contributed by atoms with E-state index in [1.165, 1.54) is 18.2 Å². The van der Waals surface area contributed by atoms with Crippen LogP contribution < -0.4 is 10.1 Å². The molecule has 0 aliphatic carbocycles. The van der Waals surface area contributed by atoms with Crippen molar-refractivity contribution in [3.05, 3.63) is 112 Å². The summed E-state index contributed by atoms with van der Waals surface area (Å²) < 4.78 is 5.20. The predicted octanol–water partition coefficient (Wildman–Crippen LogP) is 4.52. The van der Waals surface area contributed by atoms with Crippen LogP contribution in [0.3, 0.4) is 0 Å². The second-order valence-electron chi connectivity index (χ2n) is 6.27. The third-order valence-corrected chi connectivity index (χ3v) is 4.42. The van der Waals surface area contributed by atoms with Gasteiger partial charge in [-0.05, 0) is 35.4 Å². The van der Waals surface area contributed by atoms with Gasteiger partial charge in [0.15, 0.2) is 0 Å². The zero-order chi connectivity index (χ0) is 20.6. The van der Waals surface area contributed by atoms with Gasteiger partial charge in [-0.3, -0.25) is 14.9 Å². The third kappa shape index (κ3) is 5.07. The molecular weight excluding hydrogens is 368 g/mol. The molecule has 6 heteroatoms. The zero-order valence-corrected chi connectivity index (χ0v) is 15.8. The van der Waals surface area contributed by atoms with E-state index in [4.69, 9.17) is 4.74 Å². The van der Waals surface area contributed by atoms with Crippen LogP contribution in [0.2, 0.25) is 0 Å². The second kappa shape index (κ2) is 9.32. The number of carbonyl (C=O) groups excluding carboxylic acids is 1. The SMILES string of the molecule is COc1ccc(C(NC(=O)/C=C/c2ccccc2[N+](=O)[O-])c2ccccc2)cc1. The minimum absolute atomic E-state index is 0.0497. The van der Waals surface area contributed by atoms with Gasteiger partial charge in [-0.25, -0.2) is 0 Å². The summed E-state index contributed by atoms with van der Waals surface area (Å²) in [5.41, 5.74) is 2.13. The number of nitrogens with one attached hydrogen (secondary N) is 1. The lowest BCUT2D eigenvalue weighted by Crippen LogP contribution is -2.27. The van der Waals surface area contributed by atoms with Gasteiger partial charge < -0.3 is 10.1 Å². The van der Waals surface area contributed by atoms with E-state index in [1.54, 1.807) is 25.3 Å². The molecule has 6 nitrogen and oxygen atoms in total. The van der Waals surface area contributed by atoms with Crippen molar-refractivity contribution in [1.82, 2.24) is 5.32 Å². The molecular formula is C23H20N2O4. The Kier molecular flexibility index (Phi) is 6.37. The summed E-state index contributed by atoms with van der Waals surface area (Å²) in [5, 5.41) is 14.1. The standard InChI is InChI=1S/C23H20N2O4/c1-29-20-14-11-19(12-15-20)23(18-8-3-2-4-9-18)24-22(26)16-13-17-7-5-6-10-21(17)25(27)28/h2-16,23H,1H3,(H,24,26)/b16-13+. The van der Waals surface area contributed by atoms with Gasteiger partial charge in [0.1, 0.15) is 5.75 Å². The van der Waals surface area contributed by atoms with Crippen LogP contribution in [0.1, 0.15) is 22.7 Å². The van der Waals surface area contributed by atoms with Gasteiger partial charge >= 0.3 is 0 Å². The number of hydrogen-bond acceptors (Lipinski definition) is 4. The zero-order valence-electron chi connectivity index (χ0n) is 15.8. The molecule has 3 aromatic rings. The van der Waals surface area contributed by atoms with E-state index < -0.39 is 4.92 Å². The van der Waals surface area contributed by atoms with Gasteiger partial charge in [-0.2, -0.15) is 0 Å². The normalized spacial score (nSPS) is 11.8. The molecule has 1 unspecified atom stereocenters. The molecule has 29 heavy (non-hydrogen) atoms. The Morgan fingerprint density at radius 2 is 1.59 bits per heavy atom. The Hall–Kier alpha value is -3.93. The van der Waals surface area contributed by atoms with E-state index >= 15 is 0 Å². The lowest BCUT2D eigenvalue weighted by Gasteiger charge is -2.19. The molecule has 0 aliphatic heterocycles. The highest BCUT2D eigenvalue weighted by Gasteiger charge is 2.16. The van der Waals surface area contributed by atoms with E-state index in [1.807, 2.05) is 54.6 Å². The highest BCUT2D eigenvalue weighted by Crippen LogP contribution is 2.24. The average Bonchev–Trinajstić information content (AvgIpc) is 2.77. The molecule has 146 valence electrons. The van der Waals surface area contributed by atoms with Gasteiger partial charge in [0.05, 0.1) is 23.6 Å². The van der Waals surface area contributed by atoms with Crippen LogP contribution in [-0.2, 0) is 4.79 Å². The molecule has 3 rings (SSSR count). The first-order chi connectivity index (χ1) is 14.1. The van der Waals surface area contributed by atoms with Crippen molar-refractivity contribution >= 4 is 17.7 Å². The quantitative estimate of drug-likeness (QED) is 0.366. The van der Waals surface area contributed by atoms with Crippen LogP contribution in [0.15, 0.2) is 84.9 Å². The fourth-order valence-electron chi connectivity index (χ4n) is 2.95. The maximum Gasteiger partial charge on any atom is 0.276 e. The van der Waals surface area contributed by atoms with Gasteiger partial charge in [-0.15, -0.1) is 0 Å². The first-order valence-electron chi connectivity index (χ1n) is 8.99. The number of carbonyl (C=O) groups is 1. The molecule has 0 radical (unpaired) electrons. The first kappa shape index (κ1) is 19.8. The Bertz CT molecular complexity index is 1010. The van der Waals surface area contributed by atoms with Crippen molar-refractivity contribution in [1.29, 1.82) is 0 Å². The van der Waals surface area contributed by atoms with E-state index in [0.717, 1.165) is 16.9 Å². The largest absolute Gasteiger partial charge is 0.497 e. The number of para-hydroxylation sites is 1. The summed E-state index contributed by atoms with van der Waals surface area (Å²) in [6, 6.07) is 22.9. The fourth-order valence-corrected chi connectivity index (χ4v) is 2.95. The molecule has 0 heterocycles. The van der Waals surface area contributed by atoms with Crippen LogP contribution in [0.25, 0.3) is 6.08 Å². The molecule has 0 spiro atoms. The monoisotopic (exact) mass is 388 g/mol. The topological polar surface area (TPSA) is 81.5 Å². The van der Waals surface area contributed by atoms with Gasteiger partial charge in [0.2, 0.25) is 5.91 Å². The number of nitro benzene ring substituents is 1. The molecule has 1 amide bonds. The highest BCUT2D eigenvalue weighted by molar-refractivity contribution is 5.92. The minimum Gasteiger partial charge on any atom is -0.497 e. The van der Waals surface area contributed by atoms with Crippen molar-refractivity contribution in [3.63, 3.8) is 0 Å². The van der Waals surface area contributed by atoms with E-state index in [9.17, 15) is 14.9 Å². The Morgan fingerprint density at radius 3 is 2.24 bits per heavy atom. The maximum absolute atomic E-state index is 12.6. The summed E-state index contributed by atoms with van der Waals surface area (Å²) >= 11 is 0. The molecule has 0 aliphatic rings. The summed E-state index contributed by atoms with van der Waals surface area (Å²) in [7, 11) is 1.60. The van der Waals surface area contributed by atoms with Crippen LogP contribution in [-0.4, -0.2) is 17.9 Å². The van der Waals surface area contributed by atoms with Crippen molar-refractivity contribution in [2.75, 3.05) is 7.11 Å². The lowest BCUT2D eigenvalue weighted by molar-refractivity contribution is -0.385. The molecule has 0 saturated carbocycles.